The van der Waals surface area contributed by atoms with Gasteiger partial charge in [-0.1, -0.05) is 17.7 Å². The molecule has 1 amide bonds. The van der Waals surface area contributed by atoms with Crippen LogP contribution in [0.15, 0.2) is 18.2 Å². The molecule has 5 nitrogen and oxygen atoms in total. The number of amides is 1. The number of carboxylic acids is 1. The van der Waals surface area contributed by atoms with Crippen molar-refractivity contribution in [2.24, 2.45) is 0 Å². The summed E-state index contributed by atoms with van der Waals surface area (Å²) in [6, 6.07) is 3.57. The summed E-state index contributed by atoms with van der Waals surface area (Å²) in [5, 5.41) is 13.6. The van der Waals surface area contributed by atoms with Crippen molar-refractivity contribution in [3.8, 4) is 0 Å². The van der Waals surface area contributed by atoms with E-state index in [0.717, 1.165) is 0 Å². The highest BCUT2D eigenvalue weighted by Gasteiger charge is 2.34. The molecule has 1 aromatic carbocycles. The maximum atomic E-state index is 13.8. The van der Waals surface area contributed by atoms with Crippen LogP contribution >= 0.6 is 11.6 Å². The van der Waals surface area contributed by atoms with Crippen LogP contribution < -0.4 is 15.3 Å². The Labute approximate surface area is 120 Å². The summed E-state index contributed by atoms with van der Waals surface area (Å²) in [4.78, 5) is 23.2. The molecule has 0 bridgehead atoms. The van der Waals surface area contributed by atoms with Crippen LogP contribution in [0.3, 0.4) is 0 Å². The van der Waals surface area contributed by atoms with Gasteiger partial charge in [0.2, 0.25) is 0 Å². The van der Waals surface area contributed by atoms with E-state index in [1.165, 1.54) is 12.1 Å². The summed E-state index contributed by atoms with van der Waals surface area (Å²) in [6.07, 6.45) is -0.396. The van der Waals surface area contributed by atoms with Crippen molar-refractivity contribution >= 4 is 23.5 Å². The number of carboxylic acid groups (broad SMARTS) is 1. The van der Waals surface area contributed by atoms with Gasteiger partial charge in [-0.25, -0.2) is 4.39 Å². The number of piperazine rings is 1. The lowest BCUT2D eigenvalue weighted by Gasteiger charge is -2.32. The van der Waals surface area contributed by atoms with Gasteiger partial charge >= 0.3 is 0 Å². The number of benzene rings is 1. The Bertz CT molecular complexity index is 518. The molecule has 2 atom stereocenters. The average Bonchev–Trinajstić information content (AvgIpc) is 2.37. The van der Waals surface area contributed by atoms with Crippen LogP contribution in [0.4, 0.5) is 4.39 Å². The second-order valence-corrected chi connectivity index (χ2v) is 5.11. The molecule has 0 aromatic heterocycles. The minimum Gasteiger partial charge on any atom is -0.550 e. The third-order valence-electron chi connectivity index (χ3n) is 3.39. The van der Waals surface area contributed by atoms with Gasteiger partial charge < -0.3 is 20.1 Å². The van der Waals surface area contributed by atoms with Crippen LogP contribution in [-0.2, 0) is 16.1 Å². The number of hydrogen-bond acceptors (Lipinski definition) is 3. The standard InChI is InChI=1S/C13H14ClFN2O3/c14-9-2-1-3-10(15)8(9)7-17-5-4-16-13(20)11(17)6-12(18)19/h1-3,11H,4-7H2,(H,16,20)(H,18,19)/t11-/m0/s1. The van der Waals surface area contributed by atoms with Crippen molar-refractivity contribution in [2.75, 3.05) is 13.1 Å². The van der Waals surface area contributed by atoms with E-state index in [0.29, 0.717) is 23.6 Å². The highest BCUT2D eigenvalue weighted by molar-refractivity contribution is 6.31. The first kappa shape index (κ1) is 14.7. The molecule has 0 aliphatic carbocycles. The fourth-order valence-corrected chi connectivity index (χ4v) is 2.60. The summed E-state index contributed by atoms with van der Waals surface area (Å²) in [5.74, 6) is -2.12. The first-order valence-electron chi connectivity index (χ1n) is 6.24. The van der Waals surface area contributed by atoms with E-state index >= 15 is 0 Å². The van der Waals surface area contributed by atoms with Crippen LogP contribution in [0.1, 0.15) is 12.0 Å². The topological polar surface area (TPSA) is 73.7 Å². The monoisotopic (exact) mass is 300 g/mol. The highest BCUT2D eigenvalue weighted by atomic mass is 35.5. The lowest BCUT2D eigenvalue weighted by molar-refractivity contribution is -0.931. The molecule has 0 radical (unpaired) electrons. The van der Waals surface area contributed by atoms with Gasteiger partial charge in [-0.3, -0.25) is 4.79 Å². The molecule has 7 heteroatoms. The van der Waals surface area contributed by atoms with Crippen molar-refractivity contribution in [3.63, 3.8) is 0 Å². The smallest absolute Gasteiger partial charge is 0.278 e. The first-order valence-corrected chi connectivity index (χ1v) is 6.62. The first-order chi connectivity index (χ1) is 9.49. The molecular weight excluding hydrogens is 287 g/mol. The molecule has 1 aliphatic rings. The zero-order chi connectivity index (χ0) is 14.7. The van der Waals surface area contributed by atoms with Gasteiger partial charge in [0.15, 0.2) is 6.04 Å². The minimum absolute atomic E-state index is 0.164. The lowest BCUT2D eigenvalue weighted by atomic mass is 10.1. The predicted molar refractivity (Wildman–Crippen MR) is 67.4 cm³/mol. The summed E-state index contributed by atoms with van der Waals surface area (Å²) in [5.41, 5.74) is 0.294. The predicted octanol–water partition coefficient (Wildman–Crippen LogP) is -1.50. The van der Waals surface area contributed by atoms with E-state index in [9.17, 15) is 19.1 Å². The molecule has 2 N–H and O–H groups in total. The molecule has 108 valence electrons. The molecule has 2 rings (SSSR count). The Morgan fingerprint density at radius 1 is 1.55 bits per heavy atom. The van der Waals surface area contributed by atoms with Crippen LogP contribution in [0.5, 0.6) is 0 Å². The van der Waals surface area contributed by atoms with Crippen molar-refractivity contribution in [3.05, 3.63) is 34.6 Å². The zero-order valence-electron chi connectivity index (χ0n) is 10.6. The molecule has 0 saturated carbocycles. The van der Waals surface area contributed by atoms with Crippen LogP contribution in [0.2, 0.25) is 5.02 Å². The van der Waals surface area contributed by atoms with E-state index < -0.39 is 24.2 Å². The summed E-state index contributed by atoms with van der Waals surface area (Å²) in [6.45, 7) is 1.09. The van der Waals surface area contributed by atoms with E-state index in [4.69, 9.17) is 11.6 Å². The van der Waals surface area contributed by atoms with Gasteiger partial charge in [0, 0.05) is 12.4 Å². The van der Waals surface area contributed by atoms with Gasteiger partial charge in [0.25, 0.3) is 5.91 Å². The average molecular weight is 301 g/mol. The van der Waals surface area contributed by atoms with Crippen molar-refractivity contribution < 1.29 is 24.0 Å². The van der Waals surface area contributed by atoms with E-state index in [-0.39, 0.29) is 17.5 Å². The third-order valence-corrected chi connectivity index (χ3v) is 3.75. The Morgan fingerprint density at radius 2 is 2.30 bits per heavy atom. The van der Waals surface area contributed by atoms with Crippen LogP contribution in [0, 0.1) is 5.82 Å². The minimum atomic E-state index is -1.30. The number of rotatable bonds is 4. The van der Waals surface area contributed by atoms with Gasteiger partial charge in [-0.2, -0.15) is 0 Å². The molecule has 1 unspecified atom stereocenters. The van der Waals surface area contributed by atoms with Gasteiger partial charge in [-0.05, 0) is 12.1 Å². The van der Waals surface area contributed by atoms with E-state index in [1.807, 2.05) is 0 Å². The maximum Gasteiger partial charge on any atom is 0.278 e. The quantitative estimate of drug-likeness (QED) is 0.711. The van der Waals surface area contributed by atoms with Crippen molar-refractivity contribution in [2.45, 2.75) is 19.0 Å². The molecule has 1 saturated heterocycles. The lowest BCUT2D eigenvalue weighted by Crippen LogP contribution is -3.18. The number of halogens is 2. The molecule has 0 spiro atoms. The zero-order valence-corrected chi connectivity index (χ0v) is 11.4. The van der Waals surface area contributed by atoms with E-state index in [1.54, 1.807) is 6.07 Å². The summed E-state index contributed by atoms with van der Waals surface area (Å²) >= 11 is 5.96. The second kappa shape index (κ2) is 6.19. The number of carbonyl (C=O) groups excluding carboxylic acids is 2. The Morgan fingerprint density at radius 3 is 2.95 bits per heavy atom. The summed E-state index contributed by atoms with van der Waals surface area (Å²) in [7, 11) is 0. The van der Waals surface area contributed by atoms with Crippen LogP contribution in [-0.4, -0.2) is 31.0 Å². The Balaban J connectivity index is 2.21. The largest absolute Gasteiger partial charge is 0.550 e. The number of nitrogens with one attached hydrogen (secondary N) is 2. The summed E-state index contributed by atoms with van der Waals surface area (Å²) < 4.78 is 13.8. The SMILES string of the molecule is O=C([O-])C[C@H]1C(=O)NCC[NH+]1Cc1c(F)cccc1Cl. The van der Waals surface area contributed by atoms with Gasteiger partial charge in [0.1, 0.15) is 12.4 Å². The molecule has 1 fully saturated rings. The van der Waals surface area contributed by atoms with Gasteiger partial charge in [0.05, 0.1) is 23.7 Å². The van der Waals surface area contributed by atoms with Crippen molar-refractivity contribution in [1.82, 2.24) is 5.32 Å². The third kappa shape index (κ3) is 3.26. The van der Waals surface area contributed by atoms with E-state index in [2.05, 4.69) is 5.32 Å². The number of quaternary nitrogens is 1. The Kier molecular flexibility index (Phi) is 4.57. The molecular formula is C13H14ClFN2O3. The molecule has 1 aromatic rings. The normalized spacial score (nSPS) is 22.4. The maximum absolute atomic E-state index is 13.8. The van der Waals surface area contributed by atoms with Crippen molar-refractivity contribution in [1.29, 1.82) is 0 Å². The fourth-order valence-electron chi connectivity index (χ4n) is 2.37. The van der Waals surface area contributed by atoms with Crippen LogP contribution in [0.25, 0.3) is 0 Å². The molecule has 1 heterocycles. The van der Waals surface area contributed by atoms with Gasteiger partial charge in [-0.15, -0.1) is 0 Å². The second-order valence-electron chi connectivity index (χ2n) is 4.70. The number of aliphatic carboxylic acids is 1. The highest BCUT2D eigenvalue weighted by Crippen LogP contribution is 2.18. The molecule has 1 aliphatic heterocycles. The fraction of sp³-hybridized carbons (Fsp3) is 0.385. The number of hydrogen-bond donors (Lipinski definition) is 2. The molecule has 20 heavy (non-hydrogen) atoms. The Hall–Kier alpha value is -1.66. The number of carbonyl (C=O) groups is 2.